The number of nitro benzene ring substituents is 1. The van der Waals surface area contributed by atoms with Gasteiger partial charge in [0.15, 0.2) is 0 Å². The highest BCUT2D eigenvalue weighted by Gasteiger charge is 2.16. The van der Waals surface area contributed by atoms with Crippen LogP contribution in [0.5, 0.6) is 5.75 Å². The molecule has 132 valence electrons. The average molecular weight is 365 g/mol. The summed E-state index contributed by atoms with van der Waals surface area (Å²) in [6, 6.07) is 20.9. The minimum Gasteiger partial charge on any atom is -0.489 e. The molecule has 0 spiro atoms. The highest BCUT2D eigenvalue weighted by molar-refractivity contribution is 7.99. The van der Waals surface area contributed by atoms with Crippen LogP contribution < -0.4 is 4.74 Å². The predicted molar refractivity (Wildman–Crippen MR) is 104 cm³/mol. The van der Waals surface area contributed by atoms with E-state index in [1.54, 1.807) is 12.1 Å². The van der Waals surface area contributed by atoms with E-state index in [0.717, 1.165) is 27.3 Å². The van der Waals surface area contributed by atoms with E-state index in [1.807, 2.05) is 68.4 Å². The molecule has 0 unspecified atom stereocenters. The van der Waals surface area contributed by atoms with Gasteiger partial charge in [0.2, 0.25) is 0 Å². The van der Waals surface area contributed by atoms with E-state index in [1.165, 1.54) is 11.8 Å². The van der Waals surface area contributed by atoms with E-state index in [9.17, 15) is 10.1 Å². The summed E-state index contributed by atoms with van der Waals surface area (Å²) in [4.78, 5) is 12.7. The minimum atomic E-state index is -0.341. The van der Waals surface area contributed by atoms with E-state index < -0.39 is 0 Å². The van der Waals surface area contributed by atoms with Crippen molar-refractivity contribution in [3.8, 4) is 5.75 Å². The lowest BCUT2D eigenvalue weighted by atomic mass is 10.2. The third-order valence-corrected chi connectivity index (χ3v) is 4.97. The summed E-state index contributed by atoms with van der Waals surface area (Å²) in [5.74, 6) is 0.747. The first-order valence-electron chi connectivity index (χ1n) is 8.22. The maximum atomic E-state index is 11.5. The first-order valence-corrected chi connectivity index (χ1v) is 9.04. The number of aryl methyl sites for hydroxylation is 2. The third-order valence-electron chi connectivity index (χ3n) is 3.90. The maximum absolute atomic E-state index is 11.5. The molecule has 0 fully saturated rings. The van der Waals surface area contributed by atoms with Gasteiger partial charge in [0.1, 0.15) is 12.4 Å². The molecular formula is C21H19NO3S. The normalized spacial score (nSPS) is 10.5. The molecule has 3 rings (SSSR count). The largest absolute Gasteiger partial charge is 0.489 e. The van der Waals surface area contributed by atoms with E-state index in [0.29, 0.717) is 11.5 Å². The number of ether oxygens (including phenoxy) is 1. The molecule has 5 heteroatoms. The zero-order valence-electron chi connectivity index (χ0n) is 14.6. The van der Waals surface area contributed by atoms with E-state index in [-0.39, 0.29) is 10.6 Å². The van der Waals surface area contributed by atoms with Crippen molar-refractivity contribution in [2.75, 3.05) is 0 Å². The van der Waals surface area contributed by atoms with Gasteiger partial charge in [0.05, 0.1) is 9.82 Å². The SMILES string of the molecule is Cc1ccc(OCc2ccc(Sc3ccc(C)cc3)c([N+](=O)[O-])c2)cc1. The summed E-state index contributed by atoms with van der Waals surface area (Å²) < 4.78 is 5.72. The van der Waals surface area contributed by atoms with Crippen molar-refractivity contribution in [3.63, 3.8) is 0 Å². The number of nitro groups is 1. The second-order valence-corrected chi connectivity index (χ2v) is 7.19. The Kier molecular flexibility index (Phi) is 5.58. The highest BCUT2D eigenvalue weighted by Crippen LogP contribution is 2.35. The Morgan fingerprint density at radius 2 is 1.54 bits per heavy atom. The lowest BCUT2D eigenvalue weighted by Gasteiger charge is -2.08. The fourth-order valence-electron chi connectivity index (χ4n) is 2.42. The molecule has 3 aromatic carbocycles. The summed E-state index contributed by atoms with van der Waals surface area (Å²) in [5, 5.41) is 11.5. The molecule has 0 amide bonds. The van der Waals surface area contributed by atoms with Crippen molar-refractivity contribution in [3.05, 3.63) is 93.5 Å². The number of rotatable bonds is 6. The topological polar surface area (TPSA) is 52.4 Å². The van der Waals surface area contributed by atoms with Crippen LogP contribution in [0.25, 0.3) is 0 Å². The molecule has 4 nitrogen and oxygen atoms in total. The van der Waals surface area contributed by atoms with Crippen LogP contribution in [-0.4, -0.2) is 4.92 Å². The fraction of sp³-hybridized carbons (Fsp3) is 0.143. The number of benzene rings is 3. The van der Waals surface area contributed by atoms with Crippen molar-refractivity contribution >= 4 is 17.4 Å². The van der Waals surface area contributed by atoms with Crippen LogP contribution in [0.1, 0.15) is 16.7 Å². The molecule has 0 aliphatic heterocycles. The standard InChI is InChI=1S/C21H19NO3S/c1-15-3-8-18(9-4-15)25-14-17-7-12-21(20(13-17)22(23)24)26-19-10-5-16(2)6-11-19/h3-13H,14H2,1-2H3. The summed E-state index contributed by atoms with van der Waals surface area (Å²) >= 11 is 1.39. The number of hydrogen-bond donors (Lipinski definition) is 0. The molecule has 3 aromatic rings. The Hall–Kier alpha value is -2.79. The Morgan fingerprint density at radius 1 is 0.923 bits per heavy atom. The monoisotopic (exact) mass is 365 g/mol. The average Bonchev–Trinajstić information content (AvgIpc) is 2.64. The third kappa shape index (κ3) is 4.64. The molecule has 0 aromatic heterocycles. The molecule has 0 N–H and O–H groups in total. The Morgan fingerprint density at radius 3 is 2.15 bits per heavy atom. The molecule has 0 radical (unpaired) electrons. The van der Waals surface area contributed by atoms with Crippen LogP contribution in [0.3, 0.4) is 0 Å². The molecule has 0 aliphatic carbocycles. The summed E-state index contributed by atoms with van der Waals surface area (Å²) in [6.45, 7) is 4.32. The quantitative estimate of drug-likeness (QED) is 0.400. The fourth-order valence-corrected chi connectivity index (χ4v) is 3.32. The Labute approximate surface area is 157 Å². The van der Waals surface area contributed by atoms with E-state index >= 15 is 0 Å². The van der Waals surface area contributed by atoms with Gasteiger partial charge >= 0.3 is 0 Å². The molecule has 0 atom stereocenters. The van der Waals surface area contributed by atoms with Crippen LogP contribution >= 0.6 is 11.8 Å². The zero-order chi connectivity index (χ0) is 18.5. The van der Waals surface area contributed by atoms with Crippen molar-refractivity contribution in [2.45, 2.75) is 30.2 Å². The minimum absolute atomic E-state index is 0.0978. The van der Waals surface area contributed by atoms with E-state index in [2.05, 4.69) is 0 Å². The zero-order valence-corrected chi connectivity index (χ0v) is 15.5. The Bertz CT molecular complexity index is 906. The summed E-state index contributed by atoms with van der Waals surface area (Å²) in [5.41, 5.74) is 3.18. The predicted octanol–water partition coefficient (Wildman–Crippen LogP) is 5.94. The second-order valence-electron chi connectivity index (χ2n) is 6.08. The van der Waals surface area contributed by atoms with Crippen LogP contribution in [0.15, 0.2) is 76.5 Å². The van der Waals surface area contributed by atoms with Crippen LogP contribution in [0.4, 0.5) is 5.69 Å². The number of nitrogens with zero attached hydrogens (tertiary/aromatic N) is 1. The summed E-state index contributed by atoms with van der Waals surface area (Å²) in [7, 11) is 0. The second kappa shape index (κ2) is 8.06. The highest BCUT2D eigenvalue weighted by atomic mass is 32.2. The molecule has 26 heavy (non-hydrogen) atoms. The van der Waals surface area contributed by atoms with Crippen molar-refractivity contribution in [2.24, 2.45) is 0 Å². The molecule has 0 saturated carbocycles. The van der Waals surface area contributed by atoms with Gasteiger partial charge in [-0.1, -0.05) is 53.2 Å². The Balaban J connectivity index is 1.76. The first-order chi connectivity index (χ1) is 12.5. The lowest BCUT2D eigenvalue weighted by Crippen LogP contribution is -1.98. The van der Waals surface area contributed by atoms with Crippen LogP contribution in [0, 0.1) is 24.0 Å². The molecule has 0 bridgehead atoms. The van der Waals surface area contributed by atoms with E-state index in [4.69, 9.17) is 4.74 Å². The van der Waals surface area contributed by atoms with Gasteiger partial charge in [-0.2, -0.15) is 0 Å². The maximum Gasteiger partial charge on any atom is 0.283 e. The molecule has 0 saturated heterocycles. The molecule has 0 aliphatic rings. The van der Waals surface area contributed by atoms with Crippen LogP contribution in [-0.2, 0) is 6.61 Å². The van der Waals surface area contributed by atoms with Gasteiger partial charge < -0.3 is 4.74 Å². The van der Waals surface area contributed by atoms with Gasteiger partial charge in [-0.15, -0.1) is 0 Å². The van der Waals surface area contributed by atoms with Gasteiger partial charge in [0.25, 0.3) is 5.69 Å². The van der Waals surface area contributed by atoms with Gasteiger partial charge in [-0.05, 0) is 49.7 Å². The van der Waals surface area contributed by atoms with Crippen LogP contribution in [0.2, 0.25) is 0 Å². The smallest absolute Gasteiger partial charge is 0.283 e. The van der Waals surface area contributed by atoms with Crippen molar-refractivity contribution < 1.29 is 9.66 Å². The first kappa shape index (κ1) is 18.0. The van der Waals surface area contributed by atoms with Gasteiger partial charge in [-0.25, -0.2) is 0 Å². The summed E-state index contributed by atoms with van der Waals surface area (Å²) in [6.07, 6.45) is 0. The van der Waals surface area contributed by atoms with Crippen molar-refractivity contribution in [1.82, 2.24) is 0 Å². The number of hydrogen-bond acceptors (Lipinski definition) is 4. The molecule has 0 heterocycles. The van der Waals surface area contributed by atoms with Crippen molar-refractivity contribution in [1.29, 1.82) is 0 Å². The van der Waals surface area contributed by atoms with Gasteiger partial charge in [0, 0.05) is 11.0 Å². The lowest BCUT2D eigenvalue weighted by molar-refractivity contribution is -0.387. The van der Waals surface area contributed by atoms with Gasteiger partial charge in [-0.3, -0.25) is 10.1 Å². The molecular weight excluding hydrogens is 346 g/mol.